The van der Waals surface area contributed by atoms with Gasteiger partial charge in [0.2, 0.25) is 5.91 Å². The maximum Gasteiger partial charge on any atom is 0.294 e. The molecule has 0 bridgehead atoms. The molecule has 0 saturated carbocycles. The Bertz CT molecular complexity index is 822. The van der Waals surface area contributed by atoms with E-state index in [9.17, 15) is 19.5 Å². The topological polar surface area (TPSA) is 77.9 Å². The molecule has 0 radical (unpaired) electrons. The van der Waals surface area contributed by atoms with Gasteiger partial charge in [-0.2, -0.15) is 0 Å². The smallest absolute Gasteiger partial charge is 0.294 e. The van der Waals surface area contributed by atoms with Crippen LogP contribution in [0.25, 0.3) is 6.08 Å². The Morgan fingerprint density at radius 2 is 1.89 bits per heavy atom. The van der Waals surface area contributed by atoms with Crippen LogP contribution in [0.3, 0.4) is 0 Å². The molecule has 0 aliphatic carbocycles. The largest absolute Gasteiger partial charge is 0.506 e. The minimum absolute atomic E-state index is 0.0474. The van der Waals surface area contributed by atoms with Crippen molar-refractivity contribution in [3.05, 3.63) is 30.6 Å². The van der Waals surface area contributed by atoms with Crippen LogP contribution >= 0.6 is 50.3 Å². The monoisotopic (exact) mass is 564 g/mol. The molecule has 0 unspecified atom stereocenters. The third kappa shape index (κ3) is 4.86. The van der Waals surface area contributed by atoms with Gasteiger partial charge in [0.05, 0.1) is 8.48 Å². The Kier molecular flexibility index (Phi) is 6.85. The van der Waals surface area contributed by atoms with Crippen molar-refractivity contribution >= 4 is 73.4 Å². The summed E-state index contributed by atoms with van der Waals surface area (Å²) in [5.41, 5.74) is 0.443. The average molecular weight is 565 g/mol. The zero-order valence-electron chi connectivity index (χ0n) is 14.4. The van der Waals surface area contributed by atoms with E-state index in [0.29, 0.717) is 22.2 Å². The van der Waals surface area contributed by atoms with Crippen LogP contribution in [-0.2, 0) is 9.59 Å². The molecule has 2 aliphatic heterocycles. The van der Waals surface area contributed by atoms with E-state index < -0.39 is 11.1 Å². The van der Waals surface area contributed by atoms with Crippen LogP contribution in [0.2, 0.25) is 0 Å². The van der Waals surface area contributed by atoms with Crippen molar-refractivity contribution in [3.63, 3.8) is 0 Å². The van der Waals surface area contributed by atoms with E-state index in [2.05, 4.69) is 15.9 Å². The van der Waals surface area contributed by atoms with Gasteiger partial charge in [-0.05, 0) is 65.4 Å². The first-order chi connectivity index (χ1) is 12.9. The maximum atomic E-state index is 12.6. The van der Waals surface area contributed by atoms with Gasteiger partial charge in [-0.25, -0.2) is 0 Å². The molecule has 2 saturated heterocycles. The summed E-state index contributed by atoms with van der Waals surface area (Å²) in [6, 6.07) is 3.42. The van der Waals surface area contributed by atoms with Gasteiger partial charge in [-0.3, -0.25) is 19.3 Å². The molecular formula is C18H18BrIN2O4S. The molecule has 3 amide bonds. The number of thioether (sulfide) groups is 1. The van der Waals surface area contributed by atoms with Crippen molar-refractivity contribution < 1.29 is 19.5 Å². The number of carbonyl (C=O) groups is 3. The van der Waals surface area contributed by atoms with E-state index in [1.165, 1.54) is 6.08 Å². The molecule has 1 aromatic rings. The molecule has 27 heavy (non-hydrogen) atoms. The Labute approximate surface area is 183 Å². The Morgan fingerprint density at radius 3 is 2.56 bits per heavy atom. The predicted molar refractivity (Wildman–Crippen MR) is 116 cm³/mol. The van der Waals surface area contributed by atoms with E-state index in [-0.39, 0.29) is 23.1 Å². The Balaban J connectivity index is 1.76. The number of imide groups is 1. The van der Waals surface area contributed by atoms with Crippen molar-refractivity contribution in [3.8, 4) is 5.75 Å². The van der Waals surface area contributed by atoms with Crippen LogP contribution in [0.4, 0.5) is 4.79 Å². The van der Waals surface area contributed by atoms with Crippen molar-refractivity contribution in [1.82, 2.24) is 9.80 Å². The summed E-state index contributed by atoms with van der Waals surface area (Å²) in [5, 5.41) is 9.73. The number of nitrogens with zero attached hydrogens (tertiary/aromatic N) is 2. The van der Waals surface area contributed by atoms with Crippen LogP contribution in [0, 0.1) is 3.57 Å². The summed E-state index contributed by atoms with van der Waals surface area (Å²) < 4.78 is 1.38. The second kappa shape index (κ2) is 8.95. The highest BCUT2D eigenvalue weighted by Gasteiger charge is 2.37. The molecule has 144 valence electrons. The van der Waals surface area contributed by atoms with Crippen LogP contribution in [0.1, 0.15) is 31.2 Å². The molecule has 0 aromatic heterocycles. The van der Waals surface area contributed by atoms with E-state index in [0.717, 1.165) is 46.8 Å². The zero-order valence-corrected chi connectivity index (χ0v) is 19.0. The van der Waals surface area contributed by atoms with Crippen molar-refractivity contribution in [2.75, 3.05) is 19.6 Å². The molecule has 0 spiro atoms. The molecule has 3 rings (SSSR count). The third-order valence-electron chi connectivity index (χ3n) is 4.47. The highest BCUT2D eigenvalue weighted by atomic mass is 127. The summed E-state index contributed by atoms with van der Waals surface area (Å²) in [7, 11) is 0. The number of benzene rings is 1. The number of carbonyl (C=O) groups excluding carboxylic acids is 3. The average Bonchev–Trinajstić information content (AvgIpc) is 2.83. The predicted octanol–water partition coefficient (Wildman–Crippen LogP) is 4.20. The number of amides is 3. The first-order valence-corrected chi connectivity index (χ1v) is 11.3. The van der Waals surface area contributed by atoms with Crippen molar-refractivity contribution in [2.45, 2.75) is 25.7 Å². The van der Waals surface area contributed by atoms with Gasteiger partial charge in [0.1, 0.15) is 12.3 Å². The highest BCUT2D eigenvalue weighted by molar-refractivity contribution is 14.1. The first-order valence-electron chi connectivity index (χ1n) is 8.58. The molecule has 2 heterocycles. The normalized spacial score (nSPS) is 19.7. The third-order valence-corrected chi connectivity index (χ3v) is 6.66. The zero-order chi connectivity index (χ0) is 19.6. The highest BCUT2D eigenvalue weighted by Crippen LogP contribution is 2.36. The lowest BCUT2D eigenvalue weighted by Gasteiger charge is -2.22. The van der Waals surface area contributed by atoms with E-state index in [4.69, 9.17) is 0 Å². The van der Waals surface area contributed by atoms with E-state index in [1.54, 1.807) is 17.0 Å². The van der Waals surface area contributed by atoms with E-state index >= 15 is 0 Å². The fraction of sp³-hybridized carbons (Fsp3) is 0.389. The van der Waals surface area contributed by atoms with Gasteiger partial charge < -0.3 is 10.0 Å². The second-order valence-electron chi connectivity index (χ2n) is 6.39. The first kappa shape index (κ1) is 20.7. The van der Waals surface area contributed by atoms with Gasteiger partial charge in [0, 0.05) is 23.1 Å². The van der Waals surface area contributed by atoms with Gasteiger partial charge >= 0.3 is 0 Å². The summed E-state index contributed by atoms with van der Waals surface area (Å²) >= 11 is 6.13. The summed E-state index contributed by atoms with van der Waals surface area (Å²) in [4.78, 5) is 40.4. The SMILES string of the molecule is O=C(CN1C(=O)SC(=Cc2cc(Br)cc(I)c2O)C1=O)N1CCCCCC1. The lowest BCUT2D eigenvalue weighted by molar-refractivity contribution is -0.135. The minimum atomic E-state index is -0.498. The number of halogens is 2. The minimum Gasteiger partial charge on any atom is -0.506 e. The summed E-state index contributed by atoms with van der Waals surface area (Å²) in [5.74, 6) is -0.644. The fourth-order valence-corrected chi connectivity index (χ4v) is 5.41. The molecule has 2 fully saturated rings. The molecule has 2 aliphatic rings. The van der Waals surface area contributed by atoms with Crippen molar-refractivity contribution in [2.24, 2.45) is 0 Å². The number of hydrogen-bond donors (Lipinski definition) is 1. The Hall–Kier alpha value is -1.07. The van der Waals surface area contributed by atoms with Gasteiger partial charge in [-0.15, -0.1) is 0 Å². The molecule has 0 atom stereocenters. The fourth-order valence-electron chi connectivity index (χ4n) is 3.03. The number of rotatable bonds is 3. The van der Waals surface area contributed by atoms with Gasteiger partial charge in [0.25, 0.3) is 11.1 Å². The quantitative estimate of drug-likeness (QED) is 0.440. The van der Waals surface area contributed by atoms with Crippen LogP contribution in [0.15, 0.2) is 21.5 Å². The number of aromatic hydroxyl groups is 1. The van der Waals surface area contributed by atoms with Crippen LogP contribution in [0.5, 0.6) is 5.75 Å². The number of likely N-dealkylation sites (tertiary alicyclic amines) is 1. The lowest BCUT2D eigenvalue weighted by atomic mass is 10.2. The van der Waals surface area contributed by atoms with Crippen LogP contribution in [-0.4, -0.2) is 51.6 Å². The standard InChI is InChI=1S/C18H18BrIN2O4S/c19-12-7-11(16(24)13(20)9-12)8-14-17(25)22(18(26)27-14)10-15(23)21-5-3-1-2-4-6-21/h7-9,24H,1-6,10H2. The Morgan fingerprint density at radius 1 is 1.22 bits per heavy atom. The number of phenolic OH excluding ortho intramolecular Hbond substituents is 1. The number of phenols is 1. The summed E-state index contributed by atoms with van der Waals surface area (Å²) in [6.07, 6.45) is 5.60. The molecule has 9 heteroatoms. The number of hydrogen-bond acceptors (Lipinski definition) is 5. The van der Waals surface area contributed by atoms with E-state index in [1.807, 2.05) is 22.6 Å². The van der Waals surface area contributed by atoms with Gasteiger partial charge in [0.15, 0.2) is 0 Å². The summed E-state index contributed by atoms with van der Waals surface area (Å²) in [6.45, 7) is 1.12. The molecule has 6 nitrogen and oxygen atoms in total. The van der Waals surface area contributed by atoms with Crippen molar-refractivity contribution in [1.29, 1.82) is 0 Å². The molecule has 1 aromatic carbocycles. The maximum absolute atomic E-state index is 12.6. The second-order valence-corrected chi connectivity index (χ2v) is 9.46. The molecule has 1 N–H and O–H groups in total. The lowest BCUT2D eigenvalue weighted by Crippen LogP contribution is -2.42. The van der Waals surface area contributed by atoms with Gasteiger partial charge in [-0.1, -0.05) is 28.8 Å². The molecular weight excluding hydrogens is 547 g/mol. The van der Waals surface area contributed by atoms with Crippen LogP contribution < -0.4 is 0 Å².